The zero-order chi connectivity index (χ0) is 18.1. The molecule has 0 aliphatic heterocycles. The zero-order valence-electron chi connectivity index (χ0n) is 13.9. The van der Waals surface area contributed by atoms with Crippen LogP contribution in [-0.4, -0.2) is 29.1 Å². The molecule has 130 valence electrons. The fraction of sp³-hybridized carbons (Fsp3) is 0.158. The van der Waals surface area contributed by atoms with Gasteiger partial charge in [-0.15, -0.1) is 11.8 Å². The van der Waals surface area contributed by atoms with Crippen molar-refractivity contribution in [2.24, 2.45) is 5.10 Å². The third-order valence-electron chi connectivity index (χ3n) is 3.17. The van der Waals surface area contributed by atoms with Gasteiger partial charge in [0.05, 0.1) is 11.5 Å². The molecule has 0 heterocycles. The fourth-order valence-corrected chi connectivity index (χ4v) is 2.77. The van der Waals surface area contributed by atoms with Crippen molar-refractivity contribution in [3.8, 4) is 11.5 Å². The second-order valence-electron chi connectivity index (χ2n) is 5.13. The predicted molar refractivity (Wildman–Crippen MR) is 101 cm³/mol. The van der Waals surface area contributed by atoms with Gasteiger partial charge in [-0.3, -0.25) is 4.79 Å². The number of nitrogens with one attached hydrogen (secondary N) is 1. The number of phenolic OH excluding ortho intramolecular Hbond substituents is 1. The van der Waals surface area contributed by atoms with E-state index >= 15 is 0 Å². The Morgan fingerprint density at radius 3 is 2.80 bits per heavy atom. The van der Waals surface area contributed by atoms with Gasteiger partial charge in [0.2, 0.25) is 0 Å². The Hall–Kier alpha value is -2.73. The third kappa shape index (κ3) is 6.00. The second-order valence-corrected chi connectivity index (χ2v) is 6.54. The first-order chi connectivity index (χ1) is 12.1. The number of thioether (sulfide) groups is 1. The monoisotopic (exact) mass is 356 g/mol. The van der Waals surface area contributed by atoms with Gasteiger partial charge in [0.15, 0.2) is 0 Å². The summed E-state index contributed by atoms with van der Waals surface area (Å²) < 4.78 is 5.33. The van der Waals surface area contributed by atoms with E-state index < -0.39 is 0 Å². The van der Waals surface area contributed by atoms with Crippen molar-refractivity contribution in [2.75, 3.05) is 6.61 Å². The molecule has 0 fully saturated rings. The first kappa shape index (κ1) is 18.6. The Morgan fingerprint density at radius 1 is 1.36 bits per heavy atom. The van der Waals surface area contributed by atoms with Crippen molar-refractivity contribution in [3.63, 3.8) is 0 Å². The molecule has 0 aromatic heterocycles. The Labute approximate surface area is 151 Å². The summed E-state index contributed by atoms with van der Waals surface area (Å²) in [6, 6.07) is 14.5. The Balaban J connectivity index is 1.89. The largest absolute Gasteiger partial charge is 0.507 e. The number of carbonyl (C=O) groups is 1. The maximum absolute atomic E-state index is 12.1. The smallest absolute Gasteiger partial charge is 0.253 e. The molecule has 0 saturated heterocycles. The van der Waals surface area contributed by atoms with Crippen LogP contribution in [0.2, 0.25) is 0 Å². The van der Waals surface area contributed by atoms with Crippen LogP contribution in [0.25, 0.3) is 0 Å². The van der Waals surface area contributed by atoms with Crippen LogP contribution in [0.4, 0.5) is 0 Å². The van der Waals surface area contributed by atoms with Gasteiger partial charge < -0.3 is 9.84 Å². The Kier molecular flexibility index (Phi) is 7.10. The van der Waals surface area contributed by atoms with E-state index in [0.29, 0.717) is 17.9 Å². The van der Waals surface area contributed by atoms with Gasteiger partial charge in [0.1, 0.15) is 18.1 Å². The molecule has 2 rings (SSSR count). The second kappa shape index (κ2) is 9.54. The van der Waals surface area contributed by atoms with Gasteiger partial charge in [-0.05, 0) is 31.2 Å². The minimum Gasteiger partial charge on any atom is -0.507 e. The van der Waals surface area contributed by atoms with Crippen molar-refractivity contribution < 1.29 is 14.6 Å². The van der Waals surface area contributed by atoms with Gasteiger partial charge in [-0.2, -0.15) is 5.10 Å². The lowest BCUT2D eigenvalue weighted by molar-refractivity contribution is -0.120. The number of hydrogen-bond donors (Lipinski definition) is 2. The topological polar surface area (TPSA) is 70.9 Å². The predicted octanol–water partition coefficient (Wildman–Crippen LogP) is 3.59. The van der Waals surface area contributed by atoms with Gasteiger partial charge in [-0.1, -0.05) is 30.9 Å². The van der Waals surface area contributed by atoms with Gasteiger partial charge in [-0.25, -0.2) is 5.43 Å². The molecule has 0 aliphatic rings. The standard InChI is InChI=1S/C19H20N2O3S/c1-3-11-24-16-10-9-15(18(22)12-16)13-20-21-19(23)14(2)25-17-7-5-4-6-8-17/h3-10,12-14,22H,1,11H2,2H3,(H,21,23)/b20-13-/t14-/m1/s1. The number of nitrogens with zero attached hydrogens (tertiary/aromatic N) is 1. The minimum atomic E-state index is -0.289. The summed E-state index contributed by atoms with van der Waals surface area (Å²) in [6.45, 7) is 5.73. The maximum Gasteiger partial charge on any atom is 0.253 e. The number of amides is 1. The van der Waals surface area contributed by atoms with E-state index in [9.17, 15) is 9.90 Å². The Bertz CT molecular complexity index is 748. The van der Waals surface area contributed by atoms with Crippen molar-refractivity contribution >= 4 is 23.9 Å². The average Bonchev–Trinajstić information content (AvgIpc) is 2.62. The number of hydrogen-bond acceptors (Lipinski definition) is 5. The lowest BCUT2D eigenvalue weighted by Crippen LogP contribution is -2.26. The van der Waals surface area contributed by atoms with Crippen LogP contribution in [0, 0.1) is 0 Å². The van der Waals surface area contributed by atoms with E-state index in [4.69, 9.17) is 4.74 Å². The molecule has 0 radical (unpaired) electrons. The molecule has 2 N–H and O–H groups in total. The average molecular weight is 356 g/mol. The summed E-state index contributed by atoms with van der Waals surface area (Å²) in [5, 5.41) is 13.6. The maximum atomic E-state index is 12.1. The van der Waals surface area contributed by atoms with E-state index in [2.05, 4.69) is 17.1 Å². The molecule has 0 spiro atoms. The summed E-state index contributed by atoms with van der Waals surface area (Å²) in [5.41, 5.74) is 2.96. The zero-order valence-corrected chi connectivity index (χ0v) is 14.7. The van der Waals surface area contributed by atoms with Crippen LogP contribution in [-0.2, 0) is 4.79 Å². The molecule has 0 aliphatic carbocycles. The van der Waals surface area contributed by atoms with E-state index in [0.717, 1.165) is 4.90 Å². The highest BCUT2D eigenvalue weighted by Crippen LogP contribution is 2.23. The van der Waals surface area contributed by atoms with Gasteiger partial charge >= 0.3 is 0 Å². The normalized spacial score (nSPS) is 11.9. The number of ether oxygens (including phenoxy) is 1. The van der Waals surface area contributed by atoms with Crippen LogP contribution in [0.1, 0.15) is 12.5 Å². The number of benzene rings is 2. The van der Waals surface area contributed by atoms with Crippen molar-refractivity contribution in [2.45, 2.75) is 17.1 Å². The van der Waals surface area contributed by atoms with Gasteiger partial charge in [0, 0.05) is 16.5 Å². The van der Waals surface area contributed by atoms with E-state index in [1.54, 1.807) is 18.2 Å². The van der Waals surface area contributed by atoms with Crippen LogP contribution in [0.5, 0.6) is 11.5 Å². The first-order valence-corrected chi connectivity index (χ1v) is 8.59. The summed E-state index contributed by atoms with van der Waals surface area (Å²) in [7, 11) is 0. The van der Waals surface area contributed by atoms with Gasteiger partial charge in [0.25, 0.3) is 5.91 Å². The number of rotatable bonds is 8. The highest BCUT2D eigenvalue weighted by molar-refractivity contribution is 8.00. The Morgan fingerprint density at radius 2 is 2.12 bits per heavy atom. The van der Waals surface area contributed by atoms with Crippen LogP contribution >= 0.6 is 11.8 Å². The van der Waals surface area contributed by atoms with Crippen molar-refractivity contribution in [3.05, 3.63) is 66.7 Å². The molecule has 6 heteroatoms. The van der Waals surface area contributed by atoms with E-state index in [-0.39, 0.29) is 16.9 Å². The molecule has 1 atom stereocenters. The summed E-state index contributed by atoms with van der Waals surface area (Å²) >= 11 is 1.45. The number of phenols is 1. The molecular formula is C19H20N2O3S. The number of aromatic hydroxyl groups is 1. The quantitative estimate of drug-likeness (QED) is 0.328. The highest BCUT2D eigenvalue weighted by atomic mass is 32.2. The lowest BCUT2D eigenvalue weighted by atomic mass is 10.2. The molecule has 0 saturated carbocycles. The summed E-state index contributed by atoms with van der Waals surface area (Å²) in [4.78, 5) is 13.1. The summed E-state index contributed by atoms with van der Waals surface area (Å²) in [6.07, 6.45) is 3.01. The number of hydrazone groups is 1. The van der Waals surface area contributed by atoms with E-state index in [1.165, 1.54) is 24.0 Å². The summed E-state index contributed by atoms with van der Waals surface area (Å²) in [5.74, 6) is 0.341. The van der Waals surface area contributed by atoms with E-state index in [1.807, 2.05) is 37.3 Å². The highest BCUT2D eigenvalue weighted by Gasteiger charge is 2.13. The SMILES string of the molecule is C=CCOc1ccc(/C=N\NC(=O)[C@@H](C)Sc2ccccc2)c(O)c1. The van der Waals surface area contributed by atoms with Crippen molar-refractivity contribution in [1.82, 2.24) is 5.43 Å². The molecule has 0 bridgehead atoms. The molecule has 1 amide bonds. The van der Waals surface area contributed by atoms with Crippen LogP contribution in [0.3, 0.4) is 0 Å². The lowest BCUT2D eigenvalue weighted by Gasteiger charge is -2.09. The molecule has 2 aromatic carbocycles. The fourth-order valence-electron chi connectivity index (χ4n) is 1.89. The molecule has 5 nitrogen and oxygen atoms in total. The molecule has 0 unspecified atom stereocenters. The molecular weight excluding hydrogens is 336 g/mol. The molecule has 25 heavy (non-hydrogen) atoms. The van der Waals surface area contributed by atoms with Crippen LogP contribution in [0.15, 0.2) is 71.2 Å². The first-order valence-electron chi connectivity index (χ1n) is 7.71. The minimum absolute atomic E-state index is 0.0197. The molecule has 2 aromatic rings. The van der Waals surface area contributed by atoms with Crippen molar-refractivity contribution in [1.29, 1.82) is 0 Å². The number of carbonyl (C=O) groups excluding carboxylic acids is 1. The third-order valence-corrected chi connectivity index (χ3v) is 4.29. The van der Waals surface area contributed by atoms with Crippen LogP contribution < -0.4 is 10.2 Å².